The van der Waals surface area contributed by atoms with Crippen molar-refractivity contribution in [3.63, 3.8) is 0 Å². The van der Waals surface area contributed by atoms with E-state index < -0.39 is 18.0 Å². The van der Waals surface area contributed by atoms with Crippen molar-refractivity contribution in [3.05, 3.63) is 29.8 Å². The van der Waals surface area contributed by atoms with E-state index in [4.69, 9.17) is 5.11 Å². The lowest BCUT2D eigenvalue weighted by Crippen LogP contribution is -2.35. The van der Waals surface area contributed by atoms with E-state index in [0.717, 1.165) is 25.0 Å². The molecular weight excluding hydrogens is 275 g/mol. The molecule has 0 unspecified atom stereocenters. The molecule has 0 heterocycles. The number of amides is 1. The largest absolute Gasteiger partial charge is 0.573 e. The van der Waals surface area contributed by atoms with Gasteiger partial charge in [-0.2, -0.15) is 0 Å². The van der Waals surface area contributed by atoms with Crippen LogP contribution in [0.5, 0.6) is 5.75 Å². The average molecular weight is 289 g/mol. The third-order valence-corrected chi connectivity index (χ3v) is 2.90. The van der Waals surface area contributed by atoms with Crippen LogP contribution in [0.25, 0.3) is 0 Å². The van der Waals surface area contributed by atoms with Gasteiger partial charge in [-0.25, -0.2) is 0 Å². The fourth-order valence-corrected chi connectivity index (χ4v) is 1.94. The van der Waals surface area contributed by atoms with E-state index in [1.165, 1.54) is 17.0 Å². The van der Waals surface area contributed by atoms with Crippen LogP contribution in [0.3, 0.4) is 0 Å². The second-order valence-corrected chi connectivity index (χ2v) is 4.53. The number of aliphatic hydroxyl groups excluding tert-OH is 1. The van der Waals surface area contributed by atoms with Crippen molar-refractivity contribution in [2.45, 2.75) is 25.2 Å². The number of hydrogen-bond acceptors (Lipinski definition) is 3. The third-order valence-electron chi connectivity index (χ3n) is 2.90. The van der Waals surface area contributed by atoms with Crippen LogP contribution in [-0.4, -0.2) is 41.5 Å². The van der Waals surface area contributed by atoms with Gasteiger partial charge in [0.25, 0.3) is 5.91 Å². The second kappa shape index (κ2) is 5.70. The summed E-state index contributed by atoms with van der Waals surface area (Å²) in [6, 6.07) is 5.03. The number of hydrogen-bond donors (Lipinski definition) is 1. The highest BCUT2D eigenvalue weighted by Gasteiger charge is 2.34. The Hall–Kier alpha value is -1.76. The molecule has 4 nitrogen and oxygen atoms in total. The Kier molecular flexibility index (Phi) is 4.17. The van der Waals surface area contributed by atoms with E-state index in [0.29, 0.717) is 0 Å². The van der Waals surface area contributed by atoms with Gasteiger partial charge in [0.2, 0.25) is 0 Å². The number of carbonyl (C=O) groups is 1. The first kappa shape index (κ1) is 14.6. The molecule has 0 atom stereocenters. The fourth-order valence-electron chi connectivity index (χ4n) is 1.94. The van der Waals surface area contributed by atoms with Gasteiger partial charge in [-0.1, -0.05) is 6.07 Å². The van der Waals surface area contributed by atoms with Gasteiger partial charge in [0.1, 0.15) is 5.75 Å². The molecule has 1 fully saturated rings. The summed E-state index contributed by atoms with van der Waals surface area (Å²) < 4.78 is 40.2. The van der Waals surface area contributed by atoms with E-state index in [2.05, 4.69) is 4.74 Å². The van der Waals surface area contributed by atoms with E-state index >= 15 is 0 Å². The van der Waals surface area contributed by atoms with Crippen molar-refractivity contribution >= 4 is 5.91 Å². The van der Waals surface area contributed by atoms with Crippen LogP contribution in [0.4, 0.5) is 13.2 Å². The van der Waals surface area contributed by atoms with Crippen molar-refractivity contribution in [1.29, 1.82) is 0 Å². The summed E-state index contributed by atoms with van der Waals surface area (Å²) in [4.78, 5) is 13.7. The minimum absolute atomic E-state index is 0.0711. The number of carbonyl (C=O) groups excluding carboxylic acids is 1. The van der Waals surface area contributed by atoms with Gasteiger partial charge in [-0.05, 0) is 31.0 Å². The van der Waals surface area contributed by atoms with Crippen molar-refractivity contribution in [2.75, 3.05) is 13.2 Å². The van der Waals surface area contributed by atoms with Gasteiger partial charge in [-0.3, -0.25) is 4.79 Å². The van der Waals surface area contributed by atoms with Gasteiger partial charge in [0, 0.05) is 18.2 Å². The number of alkyl halides is 3. The molecular formula is C13H14F3NO3. The van der Waals surface area contributed by atoms with Crippen LogP contribution in [0.15, 0.2) is 24.3 Å². The number of benzene rings is 1. The van der Waals surface area contributed by atoms with Crippen molar-refractivity contribution in [3.8, 4) is 5.75 Å². The molecule has 1 saturated carbocycles. The summed E-state index contributed by atoms with van der Waals surface area (Å²) in [7, 11) is 0. The van der Waals surface area contributed by atoms with E-state index in [1.807, 2.05) is 0 Å². The number of ether oxygens (including phenoxy) is 1. The maximum Gasteiger partial charge on any atom is 0.573 e. The predicted molar refractivity (Wildman–Crippen MR) is 64.3 cm³/mol. The van der Waals surface area contributed by atoms with E-state index in [1.54, 1.807) is 0 Å². The molecule has 1 aliphatic rings. The number of rotatable bonds is 5. The van der Waals surface area contributed by atoms with Gasteiger partial charge in [-0.15, -0.1) is 13.2 Å². The lowest BCUT2D eigenvalue weighted by Gasteiger charge is -2.21. The molecule has 1 N–H and O–H groups in total. The first-order valence-corrected chi connectivity index (χ1v) is 6.18. The second-order valence-electron chi connectivity index (χ2n) is 4.53. The molecule has 7 heteroatoms. The molecule has 0 saturated heterocycles. The van der Waals surface area contributed by atoms with Crippen LogP contribution in [0, 0.1) is 0 Å². The highest BCUT2D eigenvalue weighted by Crippen LogP contribution is 2.29. The minimum Gasteiger partial charge on any atom is -0.406 e. The quantitative estimate of drug-likeness (QED) is 0.904. The standard InChI is InChI=1S/C13H14F3NO3/c14-13(15,16)20-11-3-1-2-9(8-11)12(19)17(6-7-18)10-4-5-10/h1-3,8,10,18H,4-7H2. The normalized spacial score (nSPS) is 15.0. The third kappa shape index (κ3) is 3.86. The van der Waals surface area contributed by atoms with Gasteiger partial charge >= 0.3 is 6.36 Å². The Balaban J connectivity index is 2.14. The lowest BCUT2D eigenvalue weighted by molar-refractivity contribution is -0.274. The number of halogens is 3. The molecule has 1 aromatic rings. The maximum atomic E-state index is 12.2. The summed E-state index contributed by atoms with van der Waals surface area (Å²) in [5, 5.41) is 8.95. The topological polar surface area (TPSA) is 49.8 Å². The average Bonchev–Trinajstić information content (AvgIpc) is 3.17. The van der Waals surface area contributed by atoms with Gasteiger partial charge in [0.05, 0.1) is 6.61 Å². The van der Waals surface area contributed by atoms with E-state index in [9.17, 15) is 18.0 Å². The Bertz CT molecular complexity index is 486. The van der Waals surface area contributed by atoms with Crippen molar-refractivity contribution in [2.24, 2.45) is 0 Å². The number of aliphatic hydroxyl groups is 1. The van der Waals surface area contributed by atoms with Crippen LogP contribution >= 0.6 is 0 Å². The van der Waals surface area contributed by atoms with Crippen LogP contribution in [0.1, 0.15) is 23.2 Å². The van der Waals surface area contributed by atoms with Crippen LogP contribution in [0.2, 0.25) is 0 Å². The first-order valence-electron chi connectivity index (χ1n) is 6.18. The number of nitrogens with zero attached hydrogens (tertiary/aromatic N) is 1. The highest BCUT2D eigenvalue weighted by molar-refractivity contribution is 5.95. The zero-order valence-electron chi connectivity index (χ0n) is 10.6. The highest BCUT2D eigenvalue weighted by atomic mass is 19.4. The minimum atomic E-state index is -4.79. The molecule has 20 heavy (non-hydrogen) atoms. The Labute approximate surface area is 113 Å². The summed E-state index contributed by atoms with van der Waals surface area (Å²) in [5.74, 6) is -0.822. The molecule has 0 aliphatic heterocycles. The molecule has 0 radical (unpaired) electrons. The Morgan fingerprint density at radius 3 is 2.65 bits per heavy atom. The first-order chi connectivity index (χ1) is 9.40. The summed E-state index contributed by atoms with van der Waals surface area (Å²) in [6.45, 7) is -0.00512. The summed E-state index contributed by atoms with van der Waals surface area (Å²) in [5.41, 5.74) is 0.118. The molecule has 110 valence electrons. The smallest absolute Gasteiger partial charge is 0.406 e. The molecule has 2 rings (SSSR count). The fraction of sp³-hybridized carbons (Fsp3) is 0.462. The zero-order valence-corrected chi connectivity index (χ0v) is 10.6. The molecule has 1 aromatic carbocycles. The Morgan fingerprint density at radius 1 is 1.40 bits per heavy atom. The molecule has 0 bridgehead atoms. The Morgan fingerprint density at radius 2 is 2.10 bits per heavy atom. The van der Waals surface area contributed by atoms with Crippen molar-refractivity contribution in [1.82, 2.24) is 4.90 Å². The van der Waals surface area contributed by atoms with Crippen LogP contribution < -0.4 is 4.74 Å². The summed E-state index contributed by atoms with van der Waals surface area (Å²) in [6.07, 6.45) is -3.09. The maximum absolute atomic E-state index is 12.2. The molecule has 1 aliphatic carbocycles. The van der Waals surface area contributed by atoms with Crippen LogP contribution in [-0.2, 0) is 0 Å². The van der Waals surface area contributed by atoms with E-state index in [-0.39, 0.29) is 24.8 Å². The van der Waals surface area contributed by atoms with Crippen molar-refractivity contribution < 1.29 is 27.8 Å². The van der Waals surface area contributed by atoms with Gasteiger partial charge < -0.3 is 14.7 Å². The molecule has 1 amide bonds. The van der Waals surface area contributed by atoms with Gasteiger partial charge in [0.15, 0.2) is 0 Å². The summed E-state index contributed by atoms with van der Waals surface area (Å²) >= 11 is 0. The predicted octanol–water partition coefficient (Wildman–Crippen LogP) is 2.18. The lowest BCUT2D eigenvalue weighted by atomic mass is 10.2. The molecule has 0 aromatic heterocycles. The molecule has 0 spiro atoms. The monoisotopic (exact) mass is 289 g/mol. The zero-order chi connectivity index (χ0) is 14.8. The SMILES string of the molecule is O=C(c1cccc(OC(F)(F)F)c1)N(CCO)C1CC1.